The Balaban J connectivity index is 2.61. The summed E-state index contributed by atoms with van der Waals surface area (Å²) in [4.78, 5) is 37.3. The van der Waals surface area contributed by atoms with Crippen molar-refractivity contribution in [3.63, 3.8) is 0 Å². The lowest BCUT2D eigenvalue weighted by molar-refractivity contribution is -0.124. The van der Waals surface area contributed by atoms with Crippen LogP contribution in [0.25, 0.3) is 0 Å². The number of benzene rings is 1. The van der Waals surface area contributed by atoms with Gasteiger partial charge in [-0.3, -0.25) is 9.59 Å². The van der Waals surface area contributed by atoms with Gasteiger partial charge in [0.05, 0.1) is 6.54 Å². The van der Waals surface area contributed by atoms with Crippen LogP contribution in [0.4, 0.5) is 4.79 Å². The lowest BCUT2D eigenvalue weighted by Crippen LogP contribution is -2.40. The van der Waals surface area contributed by atoms with Gasteiger partial charge in [0, 0.05) is 0 Å². The normalized spacial score (nSPS) is 11.1. The van der Waals surface area contributed by atoms with Crippen LogP contribution in [0.1, 0.15) is 11.6 Å². The molecular weight excluding hydrogens is 298 g/mol. The number of carbonyl (C=O) groups excluding carboxylic acids is 3. The molecule has 1 aromatic carbocycles. The third-order valence-electron chi connectivity index (χ3n) is 2.30. The fourth-order valence-electron chi connectivity index (χ4n) is 1.44. The van der Waals surface area contributed by atoms with Crippen molar-refractivity contribution >= 4 is 34.7 Å². The number of hydrogen-bond donors (Lipinski definition) is 4. The average molecular weight is 312 g/mol. The van der Waals surface area contributed by atoms with Gasteiger partial charge in [0.2, 0.25) is 11.1 Å². The van der Waals surface area contributed by atoms with Gasteiger partial charge in [-0.2, -0.15) is 4.99 Å². The van der Waals surface area contributed by atoms with Crippen LogP contribution in [0.2, 0.25) is 0 Å². The molecule has 3 amide bonds. The van der Waals surface area contributed by atoms with E-state index in [1.54, 1.807) is 30.3 Å². The molecule has 0 bridgehead atoms. The second-order valence-electron chi connectivity index (χ2n) is 3.91. The van der Waals surface area contributed by atoms with Gasteiger partial charge in [0.1, 0.15) is 6.04 Å². The van der Waals surface area contributed by atoms with E-state index >= 15 is 0 Å². The van der Waals surface area contributed by atoms with Crippen molar-refractivity contribution in [1.82, 2.24) is 10.6 Å². The third kappa shape index (κ3) is 5.91. The number of nitrogens with two attached hydrogens (primary N) is 2. The number of guanidine groups is 1. The Kier molecular flexibility index (Phi) is 6.15. The second kappa shape index (κ2) is 7.85. The van der Waals surface area contributed by atoms with Crippen LogP contribution in [0.5, 0.6) is 0 Å². The van der Waals surface area contributed by atoms with Crippen LogP contribution in [-0.4, -0.2) is 29.7 Å². The highest BCUT2D eigenvalue weighted by Crippen LogP contribution is 2.15. The molecule has 21 heavy (non-hydrogen) atoms. The zero-order valence-electron chi connectivity index (χ0n) is 10.9. The number of hydrogen-bond acceptors (Lipinski definition) is 3. The number of aliphatic imine (C=N–C) groups is 1. The minimum Gasteiger partial charge on any atom is -0.370 e. The van der Waals surface area contributed by atoms with Gasteiger partial charge >= 0.3 is 6.03 Å². The van der Waals surface area contributed by atoms with Crippen LogP contribution in [0, 0.1) is 0 Å². The second-order valence-corrected chi connectivity index (χ2v) is 4.28. The fourth-order valence-corrected chi connectivity index (χ4v) is 1.62. The van der Waals surface area contributed by atoms with Crippen LogP contribution in [0.3, 0.4) is 0 Å². The highest BCUT2D eigenvalue weighted by Gasteiger charge is 2.20. The van der Waals surface area contributed by atoms with Gasteiger partial charge in [0.15, 0.2) is 5.96 Å². The first-order valence-electron chi connectivity index (χ1n) is 5.81. The fraction of sp³-hybridized carbons (Fsp3) is 0.167. The first-order chi connectivity index (χ1) is 9.90. The van der Waals surface area contributed by atoms with Crippen molar-refractivity contribution in [1.29, 1.82) is 0 Å². The van der Waals surface area contributed by atoms with Crippen LogP contribution in [-0.2, 0) is 9.59 Å². The monoisotopic (exact) mass is 311 g/mol. The van der Waals surface area contributed by atoms with E-state index in [-0.39, 0.29) is 0 Å². The SMILES string of the molecule is NC(N)=NC(=O)NCC(=O)N[C@@H](C(=O)Cl)c1ccccc1. The van der Waals surface area contributed by atoms with E-state index in [1.165, 1.54) is 0 Å². The van der Waals surface area contributed by atoms with Crippen molar-refractivity contribution in [2.45, 2.75) is 6.04 Å². The zero-order chi connectivity index (χ0) is 15.8. The Labute approximate surface area is 125 Å². The van der Waals surface area contributed by atoms with Crippen LogP contribution < -0.4 is 22.1 Å². The molecule has 0 fully saturated rings. The Morgan fingerprint density at radius 2 is 1.81 bits per heavy atom. The van der Waals surface area contributed by atoms with Crippen molar-refractivity contribution in [2.24, 2.45) is 16.5 Å². The summed E-state index contributed by atoms with van der Waals surface area (Å²) in [5, 5.41) is 3.81. The first kappa shape index (κ1) is 16.4. The molecule has 8 nitrogen and oxygen atoms in total. The molecule has 0 aliphatic carbocycles. The van der Waals surface area contributed by atoms with E-state index in [4.69, 9.17) is 23.1 Å². The van der Waals surface area contributed by atoms with Gasteiger partial charge in [-0.05, 0) is 17.2 Å². The molecule has 0 aromatic heterocycles. The molecule has 0 saturated heterocycles. The highest BCUT2D eigenvalue weighted by molar-refractivity contribution is 6.64. The molecule has 112 valence electrons. The van der Waals surface area contributed by atoms with E-state index in [0.29, 0.717) is 5.56 Å². The Morgan fingerprint density at radius 1 is 1.19 bits per heavy atom. The standard InChI is InChI=1S/C12H14ClN5O3/c13-10(20)9(7-4-2-1-3-5-7)17-8(19)6-16-12(21)18-11(14)15/h1-5,9H,6H2,(H,17,19)(H5,14,15,16,18,21)/t9-/m1/s1. The van der Waals surface area contributed by atoms with E-state index < -0.39 is 35.7 Å². The van der Waals surface area contributed by atoms with Gasteiger partial charge < -0.3 is 22.1 Å². The highest BCUT2D eigenvalue weighted by atomic mass is 35.5. The number of nitrogens with zero attached hydrogens (tertiary/aromatic N) is 1. The number of nitrogens with one attached hydrogen (secondary N) is 2. The molecular formula is C12H14ClN5O3. The largest absolute Gasteiger partial charge is 0.370 e. The topological polar surface area (TPSA) is 140 Å². The van der Waals surface area contributed by atoms with Gasteiger partial charge in [-0.25, -0.2) is 4.79 Å². The third-order valence-corrected chi connectivity index (χ3v) is 2.51. The molecule has 0 heterocycles. The first-order valence-corrected chi connectivity index (χ1v) is 6.19. The summed E-state index contributed by atoms with van der Waals surface area (Å²) < 4.78 is 0. The van der Waals surface area contributed by atoms with E-state index in [0.717, 1.165) is 0 Å². The molecule has 9 heteroatoms. The average Bonchev–Trinajstić information content (AvgIpc) is 2.42. The summed E-state index contributed by atoms with van der Waals surface area (Å²) >= 11 is 5.46. The summed E-state index contributed by atoms with van der Waals surface area (Å²) in [6.45, 7) is -0.400. The van der Waals surface area contributed by atoms with Crippen LogP contribution >= 0.6 is 11.6 Å². The smallest absolute Gasteiger partial charge is 0.344 e. The summed E-state index contributed by atoms with van der Waals surface area (Å²) in [6, 6.07) is 6.59. The Morgan fingerprint density at radius 3 is 2.33 bits per heavy atom. The molecule has 0 radical (unpaired) electrons. The minimum absolute atomic E-state index is 0.400. The predicted octanol–water partition coefficient (Wildman–Crippen LogP) is -0.408. The lowest BCUT2D eigenvalue weighted by atomic mass is 10.1. The molecule has 1 rings (SSSR count). The van der Waals surface area contributed by atoms with Crippen LogP contribution in [0.15, 0.2) is 35.3 Å². The molecule has 1 aromatic rings. The predicted molar refractivity (Wildman–Crippen MR) is 77.4 cm³/mol. The molecule has 6 N–H and O–H groups in total. The molecule has 0 aliphatic heterocycles. The molecule has 0 unspecified atom stereocenters. The summed E-state index contributed by atoms with van der Waals surface area (Å²) in [7, 11) is 0. The Hall–Kier alpha value is -2.61. The Bertz CT molecular complexity index is 557. The zero-order valence-corrected chi connectivity index (χ0v) is 11.6. The molecule has 1 atom stereocenters. The molecule has 0 spiro atoms. The maximum absolute atomic E-state index is 11.7. The van der Waals surface area contributed by atoms with Crippen molar-refractivity contribution in [2.75, 3.05) is 6.54 Å². The van der Waals surface area contributed by atoms with Crippen molar-refractivity contribution in [3.8, 4) is 0 Å². The maximum atomic E-state index is 11.7. The summed E-state index contributed by atoms with van der Waals surface area (Å²) in [5.41, 5.74) is 10.5. The minimum atomic E-state index is -1.000. The molecule has 0 saturated carbocycles. The van der Waals surface area contributed by atoms with Crippen molar-refractivity contribution in [3.05, 3.63) is 35.9 Å². The maximum Gasteiger partial charge on any atom is 0.344 e. The van der Waals surface area contributed by atoms with E-state index in [9.17, 15) is 14.4 Å². The summed E-state index contributed by atoms with van der Waals surface area (Å²) in [5.74, 6) is -1.04. The number of carbonyl (C=O) groups is 3. The number of urea groups is 1. The van der Waals surface area contributed by atoms with E-state index in [2.05, 4.69) is 15.6 Å². The number of amides is 3. The van der Waals surface area contributed by atoms with Gasteiger partial charge in [-0.15, -0.1) is 0 Å². The molecule has 0 aliphatic rings. The van der Waals surface area contributed by atoms with Gasteiger partial charge in [0.25, 0.3) is 0 Å². The van der Waals surface area contributed by atoms with E-state index in [1.807, 2.05) is 0 Å². The lowest BCUT2D eigenvalue weighted by Gasteiger charge is -2.15. The summed E-state index contributed by atoms with van der Waals surface area (Å²) in [6.07, 6.45) is 0. The van der Waals surface area contributed by atoms with Gasteiger partial charge in [-0.1, -0.05) is 30.3 Å². The quantitative estimate of drug-likeness (QED) is 0.332. The number of halogens is 1. The number of rotatable bonds is 5. The van der Waals surface area contributed by atoms with Crippen molar-refractivity contribution < 1.29 is 14.4 Å².